The number of benzene rings is 1. The van der Waals surface area contributed by atoms with E-state index in [1.165, 1.54) is 23.5 Å². The van der Waals surface area contributed by atoms with E-state index in [2.05, 4.69) is 10.4 Å². The lowest BCUT2D eigenvalue weighted by atomic mass is 10.2. The van der Waals surface area contributed by atoms with Gasteiger partial charge in [0.25, 0.3) is 5.91 Å². The number of carbonyl (C=O) groups is 1. The normalized spacial score (nSPS) is 11.4. The molecule has 0 bridgehead atoms. The van der Waals surface area contributed by atoms with Crippen molar-refractivity contribution < 1.29 is 18.0 Å². The molecule has 1 N–H and O–H groups in total. The van der Waals surface area contributed by atoms with E-state index in [0.717, 1.165) is 10.9 Å². The van der Waals surface area contributed by atoms with Crippen molar-refractivity contribution in [3.05, 3.63) is 64.6 Å². The van der Waals surface area contributed by atoms with E-state index in [1.54, 1.807) is 35.0 Å². The molecule has 1 amide bonds. The van der Waals surface area contributed by atoms with Gasteiger partial charge in [-0.15, -0.1) is 0 Å². The second kappa shape index (κ2) is 5.88. The van der Waals surface area contributed by atoms with E-state index in [1.807, 2.05) is 0 Å². The van der Waals surface area contributed by atoms with Crippen molar-refractivity contribution in [3.8, 4) is 5.69 Å². The number of nitrogens with zero attached hydrogens (tertiary/aromatic N) is 2. The van der Waals surface area contributed by atoms with Gasteiger partial charge in [0.05, 0.1) is 23.1 Å². The lowest BCUT2D eigenvalue weighted by Crippen LogP contribution is -2.20. The number of thiophene rings is 1. The fraction of sp³-hybridized carbons (Fsp3) is 0.0667. The van der Waals surface area contributed by atoms with E-state index in [4.69, 9.17) is 0 Å². The van der Waals surface area contributed by atoms with Gasteiger partial charge in [0, 0.05) is 5.38 Å². The maximum Gasteiger partial charge on any atom is 0.434 e. The van der Waals surface area contributed by atoms with E-state index < -0.39 is 23.3 Å². The number of amides is 1. The third-order valence-electron chi connectivity index (χ3n) is 3.06. The molecular weight excluding hydrogens is 327 g/mol. The first-order valence-corrected chi connectivity index (χ1v) is 7.45. The Balaban J connectivity index is 2.04. The van der Waals surface area contributed by atoms with Crippen molar-refractivity contribution in [1.82, 2.24) is 9.78 Å². The predicted octanol–water partition coefficient (Wildman–Crippen LogP) is 4.20. The zero-order valence-corrected chi connectivity index (χ0v) is 12.4. The number of nitrogens with one attached hydrogen (secondary N) is 1. The highest BCUT2D eigenvalue weighted by Crippen LogP contribution is 2.34. The molecule has 0 saturated heterocycles. The number of halogens is 3. The molecule has 0 atom stereocenters. The average molecular weight is 337 g/mol. The quantitative estimate of drug-likeness (QED) is 0.778. The predicted molar refractivity (Wildman–Crippen MR) is 80.8 cm³/mol. The molecule has 0 spiro atoms. The van der Waals surface area contributed by atoms with Gasteiger partial charge in [-0.1, -0.05) is 18.2 Å². The van der Waals surface area contributed by atoms with Crippen LogP contribution in [0.3, 0.4) is 0 Å². The van der Waals surface area contributed by atoms with Crippen molar-refractivity contribution in [1.29, 1.82) is 0 Å². The maximum absolute atomic E-state index is 13.4. The van der Waals surface area contributed by atoms with Crippen LogP contribution in [0.2, 0.25) is 0 Å². The molecule has 1 aromatic carbocycles. The number of carbonyl (C=O) groups excluding carboxylic acids is 1. The van der Waals surface area contributed by atoms with E-state index >= 15 is 0 Å². The highest BCUT2D eigenvalue weighted by atomic mass is 32.1. The Bertz CT molecular complexity index is 810. The Morgan fingerprint density at radius 3 is 2.52 bits per heavy atom. The van der Waals surface area contributed by atoms with Crippen LogP contribution in [-0.2, 0) is 6.18 Å². The number of anilines is 1. The summed E-state index contributed by atoms with van der Waals surface area (Å²) in [4.78, 5) is 12.2. The first-order valence-electron chi connectivity index (χ1n) is 6.51. The standard InChI is InChI=1S/C15H10F3N3OS/c16-15(17,18)13-12(14(22)20-10-6-7-23-9-10)8-19-21(13)11-4-2-1-3-5-11/h1-9H,(H,20,22). The van der Waals surface area contributed by atoms with Gasteiger partial charge in [-0.25, -0.2) is 4.68 Å². The van der Waals surface area contributed by atoms with Crippen LogP contribution in [0, 0.1) is 0 Å². The summed E-state index contributed by atoms with van der Waals surface area (Å²) in [5.74, 6) is -0.849. The molecule has 0 aliphatic heterocycles. The number of rotatable bonds is 3. The van der Waals surface area contributed by atoms with Gasteiger partial charge in [0.1, 0.15) is 0 Å². The van der Waals surface area contributed by atoms with Crippen LogP contribution >= 0.6 is 11.3 Å². The number of aromatic nitrogens is 2. The second-order valence-electron chi connectivity index (χ2n) is 4.62. The van der Waals surface area contributed by atoms with Crippen LogP contribution in [0.25, 0.3) is 5.69 Å². The van der Waals surface area contributed by atoms with Gasteiger partial charge in [0.15, 0.2) is 5.69 Å². The minimum absolute atomic E-state index is 0.231. The van der Waals surface area contributed by atoms with Gasteiger partial charge < -0.3 is 5.32 Å². The lowest BCUT2D eigenvalue weighted by molar-refractivity contribution is -0.143. The van der Waals surface area contributed by atoms with Crippen LogP contribution in [0.4, 0.5) is 18.9 Å². The van der Waals surface area contributed by atoms with E-state index in [9.17, 15) is 18.0 Å². The Kier molecular flexibility index (Phi) is 3.91. The molecule has 4 nitrogen and oxygen atoms in total. The van der Waals surface area contributed by atoms with Gasteiger partial charge >= 0.3 is 6.18 Å². The van der Waals surface area contributed by atoms with Crippen LogP contribution in [0.15, 0.2) is 53.4 Å². The molecule has 8 heteroatoms. The highest BCUT2D eigenvalue weighted by Gasteiger charge is 2.40. The summed E-state index contributed by atoms with van der Waals surface area (Å²) in [6.07, 6.45) is -3.79. The van der Waals surface area contributed by atoms with Crippen LogP contribution in [0.1, 0.15) is 16.1 Å². The Hall–Kier alpha value is -2.61. The summed E-state index contributed by atoms with van der Waals surface area (Å²) in [5.41, 5.74) is -0.945. The number of hydrogen-bond acceptors (Lipinski definition) is 3. The summed E-state index contributed by atoms with van der Waals surface area (Å²) >= 11 is 1.33. The van der Waals surface area contributed by atoms with Gasteiger partial charge in [-0.05, 0) is 23.6 Å². The molecule has 0 fully saturated rings. The summed E-state index contributed by atoms with van der Waals surface area (Å²) in [6.45, 7) is 0. The van der Waals surface area contributed by atoms with Crippen LogP contribution in [-0.4, -0.2) is 15.7 Å². The minimum Gasteiger partial charge on any atom is -0.321 e. The SMILES string of the molecule is O=C(Nc1ccsc1)c1cnn(-c2ccccc2)c1C(F)(F)F. The summed E-state index contributed by atoms with van der Waals surface area (Å²) in [5, 5.41) is 9.52. The Morgan fingerprint density at radius 2 is 1.91 bits per heavy atom. The molecule has 0 saturated carbocycles. The van der Waals surface area contributed by atoms with Crippen molar-refractivity contribution in [2.24, 2.45) is 0 Å². The average Bonchev–Trinajstić information content (AvgIpc) is 3.16. The van der Waals surface area contributed by atoms with Crippen molar-refractivity contribution in [2.45, 2.75) is 6.18 Å². The molecule has 3 aromatic rings. The van der Waals surface area contributed by atoms with Gasteiger partial charge in [-0.3, -0.25) is 4.79 Å². The Morgan fingerprint density at radius 1 is 1.17 bits per heavy atom. The zero-order valence-electron chi connectivity index (χ0n) is 11.5. The topological polar surface area (TPSA) is 46.9 Å². The summed E-state index contributed by atoms with van der Waals surface area (Å²) in [7, 11) is 0. The number of para-hydroxylation sites is 1. The fourth-order valence-electron chi connectivity index (χ4n) is 2.09. The smallest absolute Gasteiger partial charge is 0.321 e. The van der Waals surface area contributed by atoms with Crippen molar-refractivity contribution in [3.63, 3.8) is 0 Å². The maximum atomic E-state index is 13.4. The summed E-state index contributed by atoms with van der Waals surface area (Å²) < 4.78 is 41.0. The first-order chi connectivity index (χ1) is 11.0. The molecule has 118 valence electrons. The first kappa shape index (κ1) is 15.3. The minimum atomic E-state index is -4.71. The van der Waals surface area contributed by atoms with Crippen LogP contribution in [0.5, 0.6) is 0 Å². The molecule has 2 heterocycles. The molecule has 0 radical (unpaired) electrons. The molecule has 23 heavy (non-hydrogen) atoms. The fourth-order valence-corrected chi connectivity index (χ4v) is 2.67. The molecule has 3 rings (SSSR count). The number of alkyl halides is 3. The largest absolute Gasteiger partial charge is 0.434 e. The molecule has 0 unspecified atom stereocenters. The van der Waals surface area contributed by atoms with Gasteiger partial charge in [0.2, 0.25) is 0 Å². The second-order valence-corrected chi connectivity index (χ2v) is 5.40. The lowest BCUT2D eigenvalue weighted by Gasteiger charge is -2.12. The molecule has 0 aliphatic rings. The summed E-state index contributed by atoms with van der Waals surface area (Å²) in [6, 6.07) is 9.47. The molecular formula is C15H10F3N3OS. The van der Waals surface area contributed by atoms with Crippen molar-refractivity contribution >= 4 is 22.9 Å². The zero-order chi connectivity index (χ0) is 16.4. The molecule has 0 aliphatic carbocycles. The third kappa shape index (κ3) is 3.11. The van der Waals surface area contributed by atoms with Crippen molar-refractivity contribution in [2.75, 3.05) is 5.32 Å². The third-order valence-corrected chi connectivity index (χ3v) is 3.75. The molecule has 2 aromatic heterocycles. The Labute approximate surface area is 133 Å². The monoisotopic (exact) mass is 337 g/mol. The van der Waals surface area contributed by atoms with E-state index in [0.29, 0.717) is 5.69 Å². The van der Waals surface area contributed by atoms with Gasteiger partial charge in [-0.2, -0.15) is 29.6 Å². The highest BCUT2D eigenvalue weighted by molar-refractivity contribution is 7.08. The van der Waals surface area contributed by atoms with E-state index in [-0.39, 0.29) is 5.69 Å². The number of hydrogen-bond donors (Lipinski definition) is 1. The van der Waals surface area contributed by atoms with Crippen LogP contribution < -0.4 is 5.32 Å².